The zero-order chi connectivity index (χ0) is 16.3. The van der Waals surface area contributed by atoms with Crippen molar-refractivity contribution in [3.63, 3.8) is 0 Å². The summed E-state index contributed by atoms with van der Waals surface area (Å²) < 4.78 is 14.9. The van der Waals surface area contributed by atoms with Crippen LogP contribution in [0.2, 0.25) is 0 Å². The Morgan fingerprint density at radius 3 is 2.59 bits per heavy atom. The maximum absolute atomic E-state index is 13.7. The molecule has 2 rings (SSSR count). The van der Waals surface area contributed by atoms with Crippen LogP contribution in [0.15, 0.2) is 36.5 Å². The van der Waals surface area contributed by atoms with E-state index < -0.39 is 29.7 Å². The topological polar surface area (TPSA) is 84.2 Å². The van der Waals surface area contributed by atoms with Crippen LogP contribution in [-0.4, -0.2) is 32.8 Å². The van der Waals surface area contributed by atoms with Crippen LogP contribution < -0.4 is 5.32 Å². The smallest absolute Gasteiger partial charge is 0.308 e. The minimum atomic E-state index is -0.996. The lowest BCUT2D eigenvalue weighted by Gasteiger charge is -2.16. The molecule has 2 atom stereocenters. The molecule has 0 radical (unpaired) electrons. The third-order valence-electron chi connectivity index (χ3n) is 3.42. The molecule has 0 aliphatic rings. The second-order valence-electron chi connectivity index (χ2n) is 4.99. The normalized spacial score (nSPS) is 13.4. The standard InChI is InChI=1S/C15H16FN3O3/c1-9(15(21)22)10(2)17-14(20)12-7-8-19(18-12)13-6-4-3-5-11(13)16/h3-10H,1-2H3,(H,17,20)(H,21,22). The number of aromatic nitrogens is 2. The van der Waals surface area contributed by atoms with Gasteiger partial charge in [-0.1, -0.05) is 12.1 Å². The van der Waals surface area contributed by atoms with Gasteiger partial charge in [0.15, 0.2) is 5.69 Å². The van der Waals surface area contributed by atoms with Gasteiger partial charge in [0.25, 0.3) is 5.91 Å². The molecule has 2 aromatic rings. The zero-order valence-electron chi connectivity index (χ0n) is 12.2. The van der Waals surface area contributed by atoms with Crippen LogP contribution >= 0.6 is 0 Å². The summed E-state index contributed by atoms with van der Waals surface area (Å²) in [6, 6.07) is 6.96. The number of carbonyl (C=O) groups is 2. The maximum atomic E-state index is 13.7. The van der Waals surface area contributed by atoms with E-state index >= 15 is 0 Å². The van der Waals surface area contributed by atoms with E-state index in [2.05, 4.69) is 10.4 Å². The molecule has 1 aromatic carbocycles. The van der Waals surface area contributed by atoms with Crippen LogP contribution in [0.3, 0.4) is 0 Å². The molecular weight excluding hydrogens is 289 g/mol. The number of amides is 1. The number of nitrogens with one attached hydrogen (secondary N) is 1. The fourth-order valence-corrected chi connectivity index (χ4v) is 1.84. The predicted octanol–water partition coefficient (Wildman–Crippen LogP) is 1.85. The Balaban J connectivity index is 2.13. The molecule has 0 saturated heterocycles. The number of halogens is 1. The summed E-state index contributed by atoms with van der Waals surface area (Å²) in [6.07, 6.45) is 1.47. The zero-order valence-corrected chi connectivity index (χ0v) is 12.2. The second kappa shape index (κ2) is 6.38. The molecule has 1 aromatic heterocycles. The predicted molar refractivity (Wildman–Crippen MR) is 77.3 cm³/mol. The Hall–Kier alpha value is -2.70. The highest BCUT2D eigenvalue weighted by Gasteiger charge is 2.22. The van der Waals surface area contributed by atoms with Crippen LogP contribution in [-0.2, 0) is 4.79 Å². The molecule has 1 amide bonds. The summed E-state index contributed by atoms with van der Waals surface area (Å²) >= 11 is 0. The van der Waals surface area contributed by atoms with Crippen molar-refractivity contribution in [3.05, 3.63) is 48.0 Å². The second-order valence-corrected chi connectivity index (χ2v) is 4.99. The largest absolute Gasteiger partial charge is 0.481 e. The number of carbonyl (C=O) groups excluding carboxylic acids is 1. The van der Waals surface area contributed by atoms with Gasteiger partial charge < -0.3 is 10.4 Å². The van der Waals surface area contributed by atoms with Crippen LogP contribution in [0.5, 0.6) is 0 Å². The molecule has 0 aliphatic carbocycles. The first-order valence-corrected chi connectivity index (χ1v) is 6.74. The minimum Gasteiger partial charge on any atom is -0.481 e. The quantitative estimate of drug-likeness (QED) is 0.883. The molecule has 22 heavy (non-hydrogen) atoms. The van der Waals surface area contributed by atoms with Crippen LogP contribution in [0, 0.1) is 11.7 Å². The highest BCUT2D eigenvalue weighted by molar-refractivity contribution is 5.92. The molecule has 1 heterocycles. The SMILES string of the molecule is CC(NC(=O)c1ccn(-c2ccccc2F)n1)C(C)C(=O)O. The molecule has 0 spiro atoms. The van der Waals surface area contributed by atoms with Gasteiger partial charge in [0, 0.05) is 12.2 Å². The molecule has 0 aliphatic heterocycles. The number of aliphatic carboxylic acids is 1. The van der Waals surface area contributed by atoms with E-state index in [4.69, 9.17) is 5.11 Å². The number of para-hydroxylation sites is 1. The van der Waals surface area contributed by atoms with Gasteiger partial charge >= 0.3 is 5.97 Å². The van der Waals surface area contributed by atoms with Crippen molar-refractivity contribution in [2.75, 3.05) is 0 Å². The first-order valence-electron chi connectivity index (χ1n) is 6.74. The third kappa shape index (κ3) is 3.30. The van der Waals surface area contributed by atoms with Crippen LogP contribution in [0.1, 0.15) is 24.3 Å². The van der Waals surface area contributed by atoms with E-state index in [0.29, 0.717) is 0 Å². The summed E-state index contributed by atoms with van der Waals surface area (Å²) in [5.41, 5.74) is 0.321. The Bertz CT molecular complexity index is 699. The summed E-state index contributed by atoms with van der Waals surface area (Å²) in [5.74, 6) is -2.68. The lowest BCUT2D eigenvalue weighted by molar-refractivity contribution is -0.141. The average molecular weight is 305 g/mol. The van der Waals surface area contributed by atoms with E-state index in [1.165, 1.54) is 29.9 Å². The molecule has 0 bridgehead atoms. The molecule has 116 valence electrons. The highest BCUT2D eigenvalue weighted by Crippen LogP contribution is 2.12. The van der Waals surface area contributed by atoms with Gasteiger partial charge in [-0.2, -0.15) is 5.10 Å². The van der Waals surface area contributed by atoms with Crippen molar-refractivity contribution in [1.29, 1.82) is 0 Å². The van der Waals surface area contributed by atoms with E-state index in [1.54, 1.807) is 25.1 Å². The first kappa shape index (κ1) is 15.7. The summed E-state index contributed by atoms with van der Waals surface area (Å²) in [7, 11) is 0. The van der Waals surface area contributed by atoms with Gasteiger partial charge in [-0.25, -0.2) is 9.07 Å². The van der Waals surface area contributed by atoms with Gasteiger partial charge in [0.2, 0.25) is 0 Å². The third-order valence-corrected chi connectivity index (χ3v) is 3.42. The van der Waals surface area contributed by atoms with Gasteiger partial charge in [-0.3, -0.25) is 9.59 Å². The number of carboxylic acid groups (broad SMARTS) is 1. The molecular formula is C15H16FN3O3. The lowest BCUT2D eigenvalue weighted by atomic mass is 10.0. The van der Waals surface area contributed by atoms with Crippen molar-refractivity contribution < 1.29 is 19.1 Å². The van der Waals surface area contributed by atoms with Crippen molar-refractivity contribution in [2.24, 2.45) is 5.92 Å². The summed E-state index contributed by atoms with van der Waals surface area (Å²) in [5, 5.41) is 15.5. The lowest BCUT2D eigenvalue weighted by Crippen LogP contribution is -2.40. The molecule has 7 heteroatoms. The van der Waals surface area contributed by atoms with Gasteiger partial charge in [-0.05, 0) is 32.0 Å². The monoisotopic (exact) mass is 305 g/mol. The Morgan fingerprint density at radius 1 is 1.27 bits per heavy atom. The summed E-state index contributed by atoms with van der Waals surface area (Å²) in [4.78, 5) is 22.9. The molecule has 0 fully saturated rings. The van der Waals surface area contributed by atoms with E-state index in [0.717, 1.165) is 0 Å². The highest BCUT2D eigenvalue weighted by atomic mass is 19.1. The minimum absolute atomic E-state index is 0.0905. The number of benzene rings is 1. The number of carboxylic acids is 1. The number of hydrogen-bond donors (Lipinski definition) is 2. The molecule has 6 nitrogen and oxygen atoms in total. The Morgan fingerprint density at radius 2 is 1.95 bits per heavy atom. The molecule has 2 unspecified atom stereocenters. The first-order chi connectivity index (χ1) is 10.4. The van der Waals surface area contributed by atoms with E-state index in [9.17, 15) is 14.0 Å². The van der Waals surface area contributed by atoms with Crippen molar-refractivity contribution in [1.82, 2.24) is 15.1 Å². The number of nitrogens with zero attached hydrogens (tertiary/aromatic N) is 2. The molecule has 0 saturated carbocycles. The van der Waals surface area contributed by atoms with E-state index in [-0.39, 0.29) is 11.4 Å². The number of rotatable bonds is 5. The average Bonchev–Trinajstić information content (AvgIpc) is 2.96. The van der Waals surface area contributed by atoms with Crippen molar-refractivity contribution >= 4 is 11.9 Å². The Kier molecular flexibility index (Phi) is 4.55. The van der Waals surface area contributed by atoms with Gasteiger partial charge in [0.1, 0.15) is 11.5 Å². The summed E-state index contributed by atoms with van der Waals surface area (Å²) in [6.45, 7) is 3.11. The fraction of sp³-hybridized carbons (Fsp3) is 0.267. The maximum Gasteiger partial charge on any atom is 0.308 e. The van der Waals surface area contributed by atoms with Crippen molar-refractivity contribution in [2.45, 2.75) is 19.9 Å². The van der Waals surface area contributed by atoms with E-state index in [1.807, 2.05) is 0 Å². The Labute approximate surface area is 126 Å². The van der Waals surface area contributed by atoms with Gasteiger partial charge in [-0.15, -0.1) is 0 Å². The number of hydrogen-bond acceptors (Lipinski definition) is 3. The van der Waals surface area contributed by atoms with Crippen LogP contribution in [0.4, 0.5) is 4.39 Å². The molecule has 2 N–H and O–H groups in total. The van der Waals surface area contributed by atoms with Crippen LogP contribution in [0.25, 0.3) is 5.69 Å². The van der Waals surface area contributed by atoms with Gasteiger partial charge in [0.05, 0.1) is 5.92 Å². The fourth-order valence-electron chi connectivity index (χ4n) is 1.84. The van der Waals surface area contributed by atoms with Crippen molar-refractivity contribution in [3.8, 4) is 5.69 Å².